The summed E-state index contributed by atoms with van der Waals surface area (Å²) in [7, 11) is 0. The van der Waals surface area contributed by atoms with Crippen molar-refractivity contribution in [1.82, 2.24) is 5.32 Å². The van der Waals surface area contributed by atoms with Crippen LogP contribution in [0.1, 0.15) is 27.8 Å². The summed E-state index contributed by atoms with van der Waals surface area (Å²) in [6.07, 6.45) is 0. The van der Waals surface area contributed by atoms with Crippen LogP contribution < -0.4 is 5.32 Å². The molecular weight excluding hydrogens is 256 g/mol. The molecule has 0 fully saturated rings. The van der Waals surface area contributed by atoms with Crippen molar-refractivity contribution in [3.63, 3.8) is 0 Å². The summed E-state index contributed by atoms with van der Waals surface area (Å²) in [5.41, 5.74) is 4.36. The number of benzene rings is 2. The number of nitrogens with one attached hydrogen (secondary N) is 1. The Bertz CT molecular complexity index is 597. The van der Waals surface area contributed by atoms with E-state index in [1.54, 1.807) is 26.0 Å². The third-order valence-electron chi connectivity index (χ3n) is 3.45. The summed E-state index contributed by atoms with van der Waals surface area (Å²) in [5.74, 6) is -0.365. The fraction of sp³-hybridized carbons (Fsp3) is 0.294. The van der Waals surface area contributed by atoms with Crippen LogP contribution in [-0.4, -0.2) is 0 Å². The van der Waals surface area contributed by atoms with E-state index < -0.39 is 0 Å². The number of hydrogen-bond donors (Lipinski definition) is 1. The van der Waals surface area contributed by atoms with Crippen LogP contribution in [0.4, 0.5) is 8.78 Å². The molecule has 0 bridgehead atoms. The maximum absolute atomic E-state index is 13.5. The van der Waals surface area contributed by atoms with Crippen molar-refractivity contribution < 1.29 is 8.78 Å². The molecule has 0 aliphatic carbocycles. The van der Waals surface area contributed by atoms with E-state index in [1.165, 1.54) is 6.07 Å². The SMILES string of the molecule is Cc1ccc(F)cc1CNCc1cc(C)c(F)c(C)c1. The zero-order valence-corrected chi connectivity index (χ0v) is 12.1. The molecule has 1 N–H and O–H groups in total. The molecule has 0 aliphatic heterocycles. The lowest BCUT2D eigenvalue weighted by molar-refractivity contribution is 0.605. The predicted molar refractivity (Wildman–Crippen MR) is 77.6 cm³/mol. The van der Waals surface area contributed by atoms with Gasteiger partial charge >= 0.3 is 0 Å². The first-order chi connectivity index (χ1) is 9.47. The van der Waals surface area contributed by atoms with Gasteiger partial charge in [-0.25, -0.2) is 8.78 Å². The van der Waals surface area contributed by atoms with Crippen molar-refractivity contribution >= 4 is 0 Å². The van der Waals surface area contributed by atoms with E-state index in [1.807, 2.05) is 19.1 Å². The van der Waals surface area contributed by atoms with Gasteiger partial charge in [-0.15, -0.1) is 0 Å². The summed E-state index contributed by atoms with van der Waals surface area (Å²) >= 11 is 0. The van der Waals surface area contributed by atoms with Crippen LogP contribution in [0.3, 0.4) is 0 Å². The third kappa shape index (κ3) is 3.42. The van der Waals surface area contributed by atoms with E-state index in [4.69, 9.17) is 0 Å². The Hall–Kier alpha value is -1.74. The Morgan fingerprint density at radius 3 is 2.15 bits per heavy atom. The molecule has 0 aromatic heterocycles. The molecule has 0 aliphatic rings. The molecule has 0 unspecified atom stereocenters. The van der Waals surface area contributed by atoms with E-state index in [9.17, 15) is 8.78 Å². The largest absolute Gasteiger partial charge is 0.309 e. The average Bonchev–Trinajstić information content (AvgIpc) is 2.40. The van der Waals surface area contributed by atoms with Gasteiger partial charge < -0.3 is 5.32 Å². The molecule has 0 amide bonds. The van der Waals surface area contributed by atoms with Crippen LogP contribution in [0.2, 0.25) is 0 Å². The van der Waals surface area contributed by atoms with E-state index in [-0.39, 0.29) is 11.6 Å². The molecule has 0 atom stereocenters. The molecule has 2 aromatic carbocycles. The van der Waals surface area contributed by atoms with Crippen molar-refractivity contribution in [2.45, 2.75) is 33.9 Å². The quantitative estimate of drug-likeness (QED) is 0.882. The van der Waals surface area contributed by atoms with Gasteiger partial charge in [0.15, 0.2) is 0 Å². The molecule has 0 spiro atoms. The van der Waals surface area contributed by atoms with Crippen molar-refractivity contribution in [3.8, 4) is 0 Å². The number of aryl methyl sites for hydroxylation is 3. The van der Waals surface area contributed by atoms with Crippen LogP contribution in [0.5, 0.6) is 0 Å². The molecule has 3 heteroatoms. The van der Waals surface area contributed by atoms with Crippen molar-refractivity contribution in [1.29, 1.82) is 0 Å². The summed E-state index contributed by atoms with van der Waals surface area (Å²) in [4.78, 5) is 0. The third-order valence-corrected chi connectivity index (χ3v) is 3.45. The second-order valence-electron chi connectivity index (χ2n) is 5.22. The minimum absolute atomic E-state index is 0.144. The van der Waals surface area contributed by atoms with Gasteiger partial charge in [-0.2, -0.15) is 0 Å². The van der Waals surface area contributed by atoms with E-state index in [2.05, 4.69) is 5.32 Å². The molecule has 2 rings (SSSR count). The van der Waals surface area contributed by atoms with Crippen LogP contribution in [-0.2, 0) is 13.1 Å². The Balaban J connectivity index is 2.01. The lowest BCUT2D eigenvalue weighted by Crippen LogP contribution is -2.14. The molecule has 0 radical (unpaired) electrons. The highest BCUT2D eigenvalue weighted by molar-refractivity contribution is 5.31. The molecule has 2 aromatic rings. The first kappa shape index (κ1) is 14.7. The second kappa shape index (κ2) is 6.14. The monoisotopic (exact) mass is 275 g/mol. The Labute approximate surface area is 118 Å². The first-order valence-corrected chi connectivity index (χ1v) is 6.68. The molecule has 0 heterocycles. The highest BCUT2D eigenvalue weighted by atomic mass is 19.1. The predicted octanol–water partition coefficient (Wildman–Crippen LogP) is 4.18. The van der Waals surface area contributed by atoms with Crippen molar-refractivity contribution in [3.05, 3.63) is 69.8 Å². The zero-order chi connectivity index (χ0) is 14.7. The molecular formula is C17H19F2N. The molecule has 1 nitrogen and oxygen atoms in total. The average molecular weight is 275 g/mol. The van der Waals surface area contributed by atoms with Gasteiger partial charge in [-0.1, -0.05) is 18.2 Å². The molecule has 0 saturated heterocycles. The summed E-state index contributed by atoms with van der Waals surface area (Å²) < 4.78 is 26.7. The summed E-state index contributed by atoms with van der Waals surface area (Å²) in [6.45, 7) is 6.73. The van der Waals surface area contributed by atoms with Gasteiger partial charge in [-0.3, -0.25) is 0 Å². The van der Waals surface area contributed by atoms with Crippen LogP contribution in [0.15, 0.2) is 30.3 Å². The van der Waals surface area contributed by atoms with Gasteiger partial charge in [0, 0.05) is 13.1 Å². The normalized spacial score (nSPS) is 10.8. The topological polar surface area (TPSA) is 12.0 Å². The Kier molecular flexibility index (Phi) is 4.50. The summed E-state index contributed by atoms with van der Waals surface area (Å²) in [6, 6.07) is 8.47. The van der Waals surface area contributed by atoms with Crippen LogP contribution in [0.25, 0.3) is 0 Å². The van der Waals surface area contributed by atoms with Gasteiger partial charge in [0.1, 0.15) is 11.6 Å². The maximum atomic E-state index is 13.5. The summed E-state index contributed by atoms with van der Waals surface area (Å²) in [5, 5.41) is 3.27. The van der Waals surface area contributed by atoms with E-state index in [0.29, 0.717) is 24.2 Å². The molecule has 106 valence electrons. The number of rotatable bonds is 4. The fourth-order valence-electron chi connectivity index (χ4n) is 2.31. The van der Waals surface area contributed by atoms with Gasteiger partial charge in [0.05, 0.1) is 0 Å². The highest BCUT2D eigenvalue weighted by Crippen LogP contribution is 2.15. The standard InChI is InChI=1S/C17H19F2N/c1-11-4-5-16(18)8-15(11)10-20-9-14-6-12(2)17(19)13(3)7-14/h4-8,20H,9-10H2,1-3H3. The smallest absolute Gasteiger partial charge is 0.129 e. The van der Waals surface area contributed by atoms with E-state index >= 15 is 0 Å². The minimum Gasteiger partial charge on any atom is -0.309 e. The van der Waals surface area contributed by atoms with Gasteiger partial charge in [-0.05, 0) is 60.7 Å². The fourth-order valence-corrected chi connectivity index (χ4v) is 2.31. The molecule has 20 heavy (non-hydrogen) atoms. The number of halogens is 2. The van der Waals surface area contributed by atoms with E-state index in [0.717, 1.165) is 16.7 Å². The molecule has 0 saturated carbocycles. The number of hydrogen-bond acceptors (Lipinski definition) is 1. The second-order valence-corrected chi connectivity index (χ2v) is 5.22. The Morgan fingerprint density at radius 2 is 1.50 bits per heavy atom. The maximum Gasteiger partial charge on any atom is 0.129 e. The van der Waals surface area contributed by atoms with Crippen molar-refractivity contribution in [2.75, 3.05) is 0 Å². The van der Waals surface area contributed by atoms with Crippen molar-refractivity contribution in [2.24, 2.45) is 0 Å². The van der Waals surface area contributed by atoms with Crippen LogP contribution in [0, 0.1) is 32.4 Å². The first-order valence-electron chi connectivity index (χ1n) is 6.68. The van der Waals surface area contributed by atoms with Gasteiger partial charge in [0.2, 0.25) is 0 Å². The van der Waals surface area contributed by atoms with Gasteiger partial charge in [0.25, 0.3) is 0 Å². The minimum atomic E-state index is -0.221. The Morgan fingerprint density at radius 1 is 0.850 bits per heavy atom. The van der Waals surface area contributed by atoms with Crippen LogP contribution >= 0.6 is 0 Å². The lowest BCUT2D eigenvalue weighted by atomic mass is 10.1. The zero-order valence-electron chi connectivity index (χ0n) is 12.1. The lowest BCUT2D eigenvalue weighted by Gasteiger charge is -2.10. The highest BCUT2D eigenvalue weighted by Gasteiger charge is 2.05.